The lowest BCUT2D eigenvalue weighted by atomic mass is 10.1. The second-order valence-electron chi connectivity index (χ2n) is 7.24. The molecular formula is C22H23N3O4S2. The third kappa shape index (κ3) is 4.28. The molecule has 0 saturated heterocycles. The van der Waals surface area contributed by atoms with Crippen LogP contribution in [0.1, 0.15) is 27.7 Å². The van der Waals surface area contributed by atoms with E-state index in [0.717, 1.165) is 27.4 Å². The topological polar surface area (TPSA) is 88.6 Å². The number of carbonyl (C=O) groups is 1. The number of aryl methyl sites for hydroxylation is 1. The maximum atomic E-state index is 12.8. The molecule has 0 spiro atoms. The Labute approximate surface area is 185 Å². The third-order valence-corrected chi connectivity index (χ3v) is 7.12. The van der Waals surface area contributed by atoms with Gasteiger partial charge in [-0.1, -0.05) is 18.2 Å². The van der Waals surface area contributed by atoms with Crippen LogP contribution >= 0.6 is 11.3 Å². The van der Waals surface area contributed by atoms with Crippen LogP contribution in [0.15, 0.2) is 42.5 Å². The van der Waals surface area contributed by atoms with Gasteiger partial charge in [-0.25, -0.2) is 13.4 Å². The number of carbonyl (C=O) groups excluding carboxylic acids is 1. The molecule has 1 aliphatic heterocycles. The minimum absolute atomic E-state index is 0.276. The van der Waals surface area contributed by atoms with Crippen LogP contribution in [-0.4, -0.2) is 38.7 Å². The zero-order valence-electron chi connectivity index (χ0n) is 17.5. The molecule has 9 heteroatoms. The van der Waals surface area contributed by atoms with Gasteiger partial charge in [-0.05, 0) is 50.1 Å². The van der Waals surface area contributed by atoms with E-state index in [1.54, 1.807) is 18.2 Å². The van der Waals surface area contributed by atoms with Crippen LogP contribution < -0.4 is 14.4 Å². The molecule has 0 radical (unpaired) electrons. The van der Waals surface area contributed by atoms with Gasteiger partial charge in [0.1, 0.15) is 5.75 Å². The van der Waals surface area contributed by atoms with E-state index in [-0.39, 0.29) is 5.91 Å². The van der Waals surface area contributed by atoms with Crippen LogP contribution in [0.25, 0.3) is 11.3 Å². The molecule has 1 aromatic heterocycles. The second-order valence-corrected chi connectivity index (χ2v) is 10.3. The first kappa shape index (κ1) is 21.3. The van der Waals surface area contributed by atoms with Crippen molar-refractivity contribution in [1.82, 2.24) is 4.98 Å². The van der Waals surface area contributed by atoms with Crippen LogP contribution in [-0.2, 0) is 16.4 Å². The van der Waals surface area contributed by atoms with Crippen LogP contribution in [0.4, 0.5) is 10.8 Å². The number of benzene rings is 2. The summed E-state index contributed by atoms with van der Waals surface area (Å²) in [5.74, 6) is 0.257. The van der Waals surface area contributed by atoms with Gasteiger partial charge in [0.25, 0.3) is 5.91 Å². The van der Waals surface area contributed by atoms with E-state index >= 15 is 0 Å². The predicted octanol–water partition coefficient (Wildman–Crippen LogP) is 4.09. The minimum Gasteiger partial charge on any atom is -0.493 e. The molecule has 0 aliphatic carbocycles. The smallest absolute Gasteiger partial charge is 0.261 e. The van der Waals surface area contributed by atoms with Crippen molar-refractivity contribution in [3.8, 4) is 17.0 Å². The zero-order valence-corrected chi connectivity index (χ0v) is 19.1. The van der Waals surface area contributed by atoms with E-state index in [9.17, 15) is 13.2 Å². The van der Waals surface area contributed by atoms with Crippen molar-refractivity contribution in [2.45, 2.75) is 20.3 Å². The number of anilines is 2. The first-order chi connectivity index (χ1) is 14.8. The zero-order chi connectivity index (χ0) is 22.2. The fourth-order valence-electron chi connectivity index (χ4n) is 3.68. The van der Waals surface area contributed by atoms with Crippen LogP contribution in [0, 0.1) is 6.92 Å². The van der Waals surface area contributed by atoms with Crippen molar-refractivity contribution in [2.75, 3.05) is 29.0 Å². The van der Waals surface area contributed by atoms with Crippen molar-refractivity contribution >= 4 is 38.1 Å². The van der Waals surface area contributed by atoms with E-state index in [2.05, 4.69) is 10.3 Å². The lowest BCUT2D eigenvalue weighted by Gasteiger charge is -2.16. The van der Waals surface area contributed by atoms with E-state index in [1.165, 1.54) is 21.9 Å². The third-order valence-electron chi connectivity index (χ3n) is 5.05. The van der Waals surface area contributed by atoms with Crippen molar-refractivity contribution in [2.24, 2.45) is 0 Å². The number of thiazole rings is 1. The van der Waals surface area contributed by atoms with E-state index in [1.807, 2.05) is 38.1 Å². The highest BCUT2D eigenvalue weighted by atomic mass is 32.2. The fourth-order valence-corrected chi connectivity index (χ4v) is 5.47. The summed E-state index contributed by atoms with van der Waals surface area (Å²) in [6, 6.07) is 12.8. The lowest BCUT2D eigenvalue weighted by Crippen LogP contribution is -2.27. The molecule has 7 nitrogen and oxygen atoms in total. The number of rotatable bonds is 6. The Morgan fingerprint density at radius 1 is 1.26 bits per heavy atom. The Kier molecular flexibility index (Phi) is 5.72. The average Bonchev–Trinajstić information content (AvgIpc) is 3.31. The maximum Gasteiger partial charge on any atom is 0.261 e. The predicted molar refractivity (Wildman–Crippen MR) is 124 cm³/mol. The van der Waals surface area contributed by atoms with Crippen LogP contribution in [0.3, 0.4) is 0 Å². The number of para-hydroxylation sites is 1. The molecule has 1 amide bonds. The minimum atomic E-state index is -3.28. The summed E-state index contributed by atoms with van der Waals surface area (Å²) >= 11 is 1.40. The van der Waals surface area contributed by atoms with E-state index < -0.39 is 10.0 Å². The molecule has 0 unspecified atom stereocenters. The SMILES string of the molecule is CCOc1ccccc1C(=O)Nc1nc(-c2ccc3c(c2)CCN3S(C)(=O)=O)c(C)s1. The molecule has 3 aromatic rings. The number of hydrogen-bond acceptors (Lipinski definition) is 6. The Bertz CT molecular complexity index is 1250. The number of amides is 1. The molecule has 162 valence electrons. The number of sulfonamides is 1. The molecule has 0 fully saturated rings. The number of aromatic nitrogens is 1. The van der Waals surface area contributed by atoms with Gasteiger partial charge >= 0.3 is 0 Å². The fraction of sp³-hybridized carbons (Fsp3) is 0.273. The Morgan fingerprint density at radius 2 is 2.03 bits per heavy atom. The average molecular weight is 458 g/mol. The van der Waals surface area contributed by atoms with Gasteiger partial charge in [0.2, 0.25) is 10.0 Å². The Hall–Kier alpha value is -2.91. The first-order valence-electron chi connectivity index (χ1n) is 9.89. The molecule has 0 atom stereocenters. The summed E-state index contributed by atoms with van der Waals surface area (Å²) in [5, 5.41) is 3.37. The van der Waals surface area contributed by atoms with Gasteiger partial charge in [-0.2, -0.15) is 0 Å². The summed E-state index contributed by atoms with van der Waals surface area (Å²) in [6.45, 7) is 4.75. The van der Waals surface area contributed by atoms with Gasteiger partial charge < -0.3 is 4.74 Å². The second kappa shape index (κ2) is 8.32. The quantitative estimate of drug-likeness (QED) is 0.602. The number of nitrogens with zero attached hydrogens (tertiary/aromatic N) is 2. The maximum absolute atomic E-state index is 12.8. The van der Waals surface area contributed by atoms with Crippen LogP contribution in [0.2, 0.25) is 0 Å². The van der Waals surface area contributed by atoms with Crippen molar-refractivity contribution in [1.29, 1.82) is 0 Å². The molecule has 1 aliphatic rings. The molecule has 2 heterocycles. The van der Waals surface area contributed by atoms with Gasteiger partial charge in [0, 0.05) is 17.0 Å². The van der Waals surface area contributed by atoms with Gasteiger partial charge in [-0.3, -0.25) is 14.4 Å². The largest absolute Gasteiger partial charge is 0.493 e. The standard InChI is InChI=1S/C22H23N3O4S2/c1-4-29-19-8-6-5-7-17(19)21(26)24-22-23-20(14(2)30-22)16-9-10-18-15(13-16)11-12-25(18)31(3,27)28/h5-10,13H,4,11-12H2,1-3H3,(H,23,24,26). The summed E-state index contributed by atoms with van der Waals surface area (Å²) < 4.78 is 30.9. The highest BCUT2D eigenvalue weighted by Crippen LogP contribution is 2.36. The Balaban J connectivity index is 1.59. The highest BCUT2D eigenvalue weighted by molar-refractivity contribution is 7.92. The molecular weight excluding hydrogens is 434 g/mol. The summed E-state index contributed by atoms with van der Waals surface area (Å²) in [6.07, 6.45) is 1.89. The number of ether oxygens (including phenoxy) is 1. The molecule has 0 saturated carbocycles. The van der Waals surface area contributed by atoms with Gasteiger partial charge in [0.15, 0.2) is 5.13 Å². The molecule has 31 heavy (non-hydrogen) atoms. The van der Waals surface area contributed by atoms with Gasteiger partial charge in [-0.15, -0.1) is 11.3 Å². The normalized spacial score (nSPS) is 13.2. The van der Waals surface area contributed by atoms with Crippen molar-refractivity contribution in [3.63, 3.8) is 0 Å². The van der Waals surface area contributed by atoms with Crippen molar-refractivity contribution < 1.29 is 17.9 Å². The first-order valence-corrected chi connectivity index (χ1v) is 12.6. The molecule has 1 N–H and O–H groups in total. The summed E-state index contributed by atoms with van der Waals surface area (Å²) in [5.41, 5.74) is 3.83. The number of hydrogen-bond donors (Lipinski definition) is 1. The molecule has 4 rings (SSSR count). The van der Waals surface area contributed by atoms with E-state index in [4.69, 9.17) is 4.74 Å². The number of nitrogens with one attached hydrogen (secondary N) is 1. The van der Waals surface area contributed by atoms with Crippen molar-refractivity contribution in [3.05, 3.63) is 58.5 Å². The Morgan fingerprint density at radius 3 is 2.77 bits per heavy atom. The number of fused-ring (bicyclic) bond motifs is 1. The monoisotopic (exact) mass is 457 g/mol. The van der Waals surface area contributed by atoms with Crippen LogP contribution in [0.5, 0.6) is 5.75 Å². The highest BCUT2D eigenvalue weighted by Gasteiger charge is 2.26. The molecule has 0 bridgehead atoms. The van der Waals surface area contributed by atoms with E-state index in [0.29, 0.717) is 36.0 Å². The summed E-state index contributed by atoms with van der Waals surface area (Å²) in [7, 11) is -3.28. The molecule has 2 aromatic carbocycles. The summed E-state index contributed by atoms with van der Waals surface area (Å²) in [4.78, 5) is 18.4. The van der Waals surface area contributed by atoms with Gasteiger partial charge in [0.05, 0.1) is 29.8 Å². The lowest BCUT2D eigenvalue weighted by molar-refractivity contribution is 0.102.